The molecule has 7 N–H and O–H groups in total. The van der Waals surface area contributed by atoms with E-state index >= 15 is 0 Å². The molecule has 1 aromatic heterocycles. The number of carbonyl (C=O) groups is 5. The SMILES string of the molecule is CC(C)C(NC(=O)C(CCC(=O)O)NC(=O)C(Cc1c[nH]c2ccccc12)NC(=O)C1CCCN1)C(=O)O. The van der Waals surface area contributed by atoms with E-state index in [4.69, 9.17) is 5.11 Å². The Morgan fingerprint density at radius 3 is 2.34 bits per heavy atom. The number of carboxylic acid groups (broad SMARTS) is 2. The van der Waals surface area contributed by atoms with Crippen LogP contribution in [0.15, 0.2) is 30.5 Å². The lowest BCUT2D eigenvalue weighted by molar-refractivity contribution is -0.144. The molecule has 12 heteroatoms. The second-order valence-corrected chi connectivity index (χ2v) is 9.84. The van der Waals surface area contributed by atoms with Gasteiger partial charge in [0.2, 0.25) is 17.7 Å². The molecule has 1 saturated heterocycles. The molecule has 4 atom stereocenters. The minimum atomic E-state index is -1.31. The number of aliphatic carboxylic acids is 2. The predicted molar refractivity (Wildman–Crippen MR) is 138 cm³/mol. The Bertz CT molecular complexity index is 1170. The second-order valence-electron chi connectivity index (χ2n) is 9.84. The number of rotatable bonds is 13. The van der Waals surface area contributed by atoms with Gasteiger partial charge in [0, 0.05) is 29.9 Å². The lowest BCUT2D eigenvalue weighted by Crippen LogP contribution is -2.58. The highest BCUT2D eigenvalue weighted by Gasteiger charge is 2.33. The van der Waals surface area contributed by atoms with E-state index in [9.17, 15) is 29.1 Å². The van der Waals surface area contributed by atoms with Gasteiger partial charge >= 0.3 is 11.9 Å². The molecule has 2 aromatic rings. The monoisotopic (exact) mass is 529 g/mol. The summed E-state index contributed by atoms with van der Waals surface area (Å²) in [7, 11) is 0. The molecular formula is C26H35N5O7. The first-order chi connectivity index (χ1) is 18.1. The highest BCUT2D eigenvalue weighted by Crippen LogP contribution is 2.19. The van der Waals surface area contributed by atoms with Crippen molar-refractivity contribution in [2.45, 2.75) is 70.1 Å². The van der Waals surface area contributed by atoms with Crippen LogP contribution in [-0.4, -0.2) is 75.6 Å². The molecule has 206 valence electrons. The average molecular weight is 530 g/mol. The van der Waals surface area contributed by atoms with Gasteiger partial charge in [0.05, 0.1) is 6.04 Å². The Kier molecular flexibility index (Phi) is 9.83. The van der Waals surface area contributed by atoms with E-state index in [0.29, 0.717) is 13.0 Å². The summed E-state index contributed by atoms with van der Waals surface area (Å²) < 4.78 is 0. The zero-order valence-corrected chi connectivity index (χ0v) is 21.5. The van der Waals surface area contributed by atoms with Gasteiger partial charge in [-0.05, 0) is 43.4 Å². The Labute approximate surface area is 219 Å². The van der Waals surface area contributed by atoms with E-state index in [1.54, 1.807) is 20.0 Å². The molecular weight excluding hydrogens is 494 g/mol. The summed E-state index contributed by atoms with van der Waals surface area (Å²) >= 11 is 0. The number of fused-ring (bicyclic) bond motifs is 1. The van der Waals surface area contributed by atoms with Gasteiger partial charge in [0.25, 0.3) is 0 Å². The van der Waals surface area contributed by atoms with Crippen molar-refractivity contribution in [2.24, 2.45) is 5.92 Å². The largest absolute Gasteiger partial charge is 0.481 e. The maximum Gasteiger partial charge on any atom is 0.326 e. The maximum atomic E-state index is 13.5. The highest BCUT2D eigenvalue weighted by molar-refractivity contribution is 5.95. The molecule has 0 spiro atoms. The number of aromatic nitrogens is 1. The van der Waals surface area contributed by atoms with E-state index < -0.39 is 60.3 Å². The third kappa shape index (κ3) is 7.54. The lowest BCUT2D eigenvalue weighted by Gasteiger charge is -2.26. The van der Waals surface area contributed by atoms with Crippen LogP contribution in [0.2, 0.25) is 0 Å². The minimum Gasteiger partial charge on any atom is -0.481 e. The van der Waals surface area contributed by atoms with Crippen LogP contribution >= 0.6 is 0 Å². The second kappa shape index (κ2) is 13.0. The van der Waals surface area contributed by atoms with Crippen molar-refractivity contribution in [3.63, 3.8) is 0 Å². The molecule has 0 aliphatic carbocycles. The maximum absolute atomic E-state index is 13.5. The van der Waals surface area contributed by atoms with Gasteiger partial charge in [-0.3, -0.25) is 19.2 Å². The van der Waals surface area contributed by atoms with Crippen LogP contribution in [0.25, 0.3) is 10.9 Å². The van der Waals surface area contributed by atoms with Crippen LogP contribution in [-0.2, 0) is 30.4 Å². The van der Waals surface area contributed by atoms with Crippen molar-refractivity contribution < 1.29 is 34.2 Å². The molecule has 1 fully saturated rings. The van der Waals surface area contributed by atoms with Gasteiger partial charge in [0.1, 0.15) is 18.1 Å². The van der Waals surface area contributed by atoms with Gasteiger partial charge in [-0.2, -0.15) is 0 Å². The van der Waals surface area contributed by atoms with Crippen LogP contribution in [0, 0.1) is 5.92 Å². The molecule has 0 saturated carbocycles. The number of benzene rings is 1. The summed E-state index contributed by atoms with van der Waals surface area (Å²) in [5.74, 6) is -4.70. The quantitative estimate of drug-likeness (QED) is 0.195. The molecule has 3 amide bonds. The van der Waals surface area contributed by atoms with Crippen molar-refractivity contribution in [1.82, 2.24) is 26.3 Å². The normalized spacial score (nSPS) is 17.5. The molecule has 4 unspecified atom stereocenters. The number of aromatic amines is 1. The number of para-hydroxylation sites is 1. The molecule has 38 heavy (non-hydrogen) atoms. The summed E-state index contributed by atoms with van der Waals surface area (Å²) in [4.78, 5) is 65.3. The van der Waals surface area contributed by atoms with Gasteiger partial charge in [-0.25, -0.2) is 4.79 Å². The Morgan fingerprint density at radius 1 is 1.00 bits per heavy atom. The lowest BCUT2D eigenvalue weighted by atomic mass is 10.0. The summed E-state index contributed by atoms with van der Waals surface area (Å²) in [6, 6.07) is 3.45. The molecule has 0 bridgehead atoms. The van der Waals surface area contributed by atoms with E-state index in [0.717, 1.165) is 22.9 Å². The third-order valence-electron chi connectivity index (χ3n) is 6.62. The highest BCUT2D eigenvalue weighted by atomic mass is 16.4. The first kappa shape index (κ1) is 28.6. The Morgan fingerprint density at radius 2 is 1.71 bits per heavy atom. The van der Waals surface area contributed by atoms with Crippen molar-refractivity contribution in [1.29, 1.82) is 0 Å². The van der Waals surface area contributed by atoms with E-state index in [-0.39, 0.29) is 18.7 Å². The van der Waals surface area contributed by atoms with Crippen molar-refractivity contribution >= 4 is 40.6 Å². The number of nitrogens with one attached hydrogen (secondary N) is 5. The molecule has 3 rings (SSSR count). The first-order valence-electron chi connectivity index (χ1n) is 12.7. The van der Waals surface area contributed by atoms with Crippen LogP contribution in [0.3, 0.4) is 0 Å². The topological polar surface area (TPSA) is 190 Å². The number of hydrogen-bond donors (Lipinski definition) is 7. The van der Waals surface area contributed by atoms with Crippen molar-refractivity contribution in [2.75, 3.05) is 6.54 Å². The van der Waals surface area contributed by atoms with Gasteiger partial charge in [-0.1, -0.05) is 32.0 Å². The standard InChI is InChI=1S/C26H35N5O7/c1-14(2)22(26(37)38)31-24(35)19(9-10-21(32)33)29-25(36)20(30-23(34)18-8-5-11-27-18)12-15-13-28-17-7-4-3-6-16(15)17/h3-4,6-7,13-14,18-20,22,27-28H,5,8-12H2,1-2H3,(H,29,36)(H,30,34)(H,31,35)(H,32,33)(H,37,38). The van der Waals surface area contributed by atoms with Gasteiger partial charge in [-0.15, -0.1) is 0 Å². The summed E-state index contributed by atoms with van der Waals surface area (Å²) in [6.07, 6.45) is 2.64. The van der Waals surface area contributed by atoms with Gasteiger partial charge in [0.15, 0.2) is 0 Å². The van der Waals surface area contributed by atoms with E-state index in [1.165, 1.54) is 0 Å². The van der Waals surface area contributed by atoms with E-state index in [2.05, 4.69) is 26.3 Å². The number of H-pyrrole nitrogens is 1. The summed E-state index contributed by atoms with van der Waals surface area (Å²) in [5.41, 5.74) is 1.63. The summed E-state index contributed by atoms with van der Waals surface area (Å²) in [5, 5.41) is 30.3. The number of hydrogen-bond acceptors (Lipinski definition) is 6. The fraction of sp³-hybridized carbons (Fsp3) is 0.500. The molecule has 1 aromatic carbocycles. The number of amides is 3. The third-order valence-corrected chi connectivity index (χ3v) is 6.62. The zero-order chi connectivity index (χ0) is 27.8. The van der Waals surface area contributed by atoms with Gasteiger partial charge < -0.3 is 36.5 Å². The fourth-order valence-corrected chi connectivity index (χ4v) is 4.49. The van der Waals surface area contributed by atoms with Crippen LogP contribution in [0.4, 0.5) is 0 Å². The number of carboxylic acids is 2. The van der Waals surface area contributed by atoms with Crippen molar-refractivity contribution in [3.8, 4) is 0 Å². The number of carbonyl (C=O) groups excluding carboxylic acids is 3. The van der Waals surface area contributed by atoms with Crippen LogP contribution in [0.1, 0.15) is 45.1 Å². The molecule has 1 aliphatic heterocycles. The van der Waals surface area contributed by atoms with Crippen LogP contribution in [0.5, 0.6) is 0 Å². The van der Waals surface area contributed by atoms with Crippen molar-refractivity contribution in [3.05, 3.63) is 36.0 Å². The molecule has 12 nitrogen and oxygen atoms in total. The summed E-state index contributed by atoms with van der Waals surface area (Å²) in [6.45, 7) is 3.93. The van der Waals surface area contributed by atoms with E-state index in [1.807, 2.05) is 24.3 Å². The predicted octanol–water partition coefficient (Wildman–Crippen LogP) is 0.522. The molecule has 2 heterocycles. The molecule has 0 radical (unpaired) electrons. The smallest absolute Gasteiger partial charge is 0.326 e. The Hall–Kier alpha value is -3.93. The first-order valence-corrected chi connectivity index (χ1v) is 12.7. The van der Waals surface area contributed by atoms with Crippen LogP contribution < -0.4 is 21.3 Å². The fourth-order valence-electron chi connectivity index (χ4n) is 4.49. The Balaban J connectivity index is 1.82. The molecule has 1 aliphatic rings. The average Bonchev–Trinajstić information content (AvgIpc) is 3.54. The minimum absolute atomic E-state index is 0.116. The zero-order valence-electron chi connectivity index (χ0n) is 21.5.